The molecule has 3 aromatic rings. The van der Waals surface area contributed by atoms with Crippen molar-refractivity contribution in [2.24, 2.45) is 0 Å². The lowest BCUT2D eigenvalue weighted by molar-refractivity contribution is 0.0942. The van der Waals surface area contributed by atoms with Crippen LogP contribution < -0.4 is 0 Å². The largest absolute Gasteiger partial charge is 0.289 e. The fraction of sp³-hybridized carbons (Fsp3) is 0.417. The maximum absolute atomic E-state index is 3.82. The third-order valence-corrected chi connectivity index (χ3v) is 6.51. The molecule has 0 amide bonds. The molecule has 0 bridgehead atoms. The Kier molecular flexibility index (Phi) is 6.18. The van der Waals surface area contributed by atoms with Gasteiger partial charge in [-0.25, -0.2) is 4.98 Å². The van der Waals surface area contributed by atoms with Gasteiger partial charge in [0.1, 0.15) is 11.3 Å². The molecule has 0 unspecified atom stereocenters. The quantitative estimate of drug-likeness (QED) is 0.511. The third kappa shape index (κ3) is 4.34. The summed E-state index contributed by atoms with van der Waals surface area (Å²) in [5.41, 5.74) is 6.08. The molecule has 0 N–H and O–H groups in total. The normalized spacial score (nSPS) is 21.6. The molecule has 3 nitrogen and oxygen atoms in total. The monoisotopic (exact) mass is 393 g/mol. The van der Waals surface area contributed by atoms with Crippen molar-refractivity contribution in [3.05, 3.63) is 82.1 Å². The van der Waals surface area contributed by atoms with Gasteiger partial charge in [-0.2, -0.15) is 4.37 Å². The summed E-state index contributed by atoms with van der Waals surface area (Å²) in [5, 5.41) is 1.02. The van der Waals surface area contributed by atoms with Crippen LogP contribution in [0.1, 0.15) is 66.5 Å². The van der Waals surface area contributed by atoms with Crippen LogP contribution in [0.3, 0.4) is 0 Å². The van der Waals surface area contributed by atoms with Crippen molar-refractivity contribution in [1.29, 1.82) is 0 Å². The summed E-state index contributed by atoms with van der Waals surface area (Å²) in [4.78, 5) is 6.62. The lowest BCUT2D eigenvalue weighted by Crippen LogP contribution is -2.35. The molecule has 1 saturated heterocycles. The first kappa shape index (κ1) is 19.3. The van der Waals surface area contributed by atoms with Crippen molar-refractivity contribution in [1.82, 2.24) is 14.3 Å². The lowest BCUT2D eigenvalue weighted by atomic mass is 9.92. The molecule has 0 radical (unpaired) electrons. The van der Waals surface area contributed by atoms with Crippen LogP contribution in [-0.2, 0) is 6.42 Å². The number of nitrogens with zero attached hydrogens (tertiary/aromatic N) is 3. The molecule has 1 aliphatic heterocycles. The van der Waals surface area contributed by atoms with E-state index in [1.165, 1.54) is 61.3 Å². The zero-order valence-electron chi connectivity index (χ0n) is 16.8. The molecule has 1 fully saturated rings. The topological polar surface area (TPSA) is 29.0 Å². The van der Waals surface area contributed by atoms with Crippen LogP contribution in [0.4, 0.5) is 0 Å². The van der Waals surface area contributed by atoms with E-state index in [-0.39, 0.29) is 1.43 Å². The van der Waals surface area contributed by atoms with E-state index in [2.05, 4.69) is 69.7 Å². The van der Waals surface area contributed by atoms with Gasteiger partial charge in [0, 0.05) is 13.5 Å². The summed E-state index contributed by atoms with van der Waals surface area (Å²) >= 11 is 1.42. The molecule has 1 aliphatic carbocycles. The molecule has 2 aliphatic rings. The second-order valence-corrected chi connectivity index (χ2v) is 8.86. The Balaban J connectivity index is 0.000000297. The highest BCUT2D eigenvalue weighted by Crippen LogP contribution is 2.43. The van der Waals surface area contributed by atoms with Gasteiger partial charge in [-0.15, -0.1) is 0 Å². The Labute approximate surface area is 174 Å². The number of aromatic nitrogens is 2. The van der Waals surface area contributed by atoms with E-state index in [9.17, 15) is 0 Å². The molecule has 28 heavy (non-hydrogen) atoms. The van der Waals surface area contributed by atoms with Gasteiger partial charge in [-0.05, 0) is 74.3 Å². The van der Waals surface area contributed by atoms with Gasteiger partial charge < -0.3 is 0 Å². The number of rotatable bonds is 2. The number of benzene rings is 2. The number of hydrogen-bond acceptors (Lipinski definition) is 4. The van der Waals surface area contributed by atoms with Gasteiger partial charge >= 0.3 is 0 Å². The smallest absolute Gasteiger partial charge is 0.129 e. The van der Waals surface area contributed by atoms with E-state index in [0.29, 0.717) is 12.1 Å². The Bertz CT molecular complexity index is 882. The van der Waals surface area contributed by atoms with Gasteiger partial charge in [-0.1, -0.05) is 60.5 Å². The summed E-state index contributed by atoms with van der Waals surface area (Å²) < 4.78 is 3.75. The molecule has 148 valence electrons. The molecule has 2 heterocycles. The van der Waals surface area contributed by atoms with Crippen molar-refractivity contribution >= 4 is 11.5 Å². The van der Waals surface area contributed by atoms with Crippen LogP contribution in [0.25, 0.3) is 0 Å². The summed E-state index contributed by atoms with van der Waals surface area (Å²) in [6.07, 6.45) is 8.12. The van der Waals surface area contributed by atoms with Gasteiger partial charge in [-0.3, -0.25) is 4.90 Å². The minimum absolute atomic E-state index is 0. The predicted molar refractivity (Wildman–Crippen MR) is 119 cm³/mol. The van der Waals surface area contributed by atoms with E-state index in [0.717, 1.165) is 5.01 Å². The van der Waals surface area contributed by atoms with Crippen molar-refractivity contribution in [2.75, 3.05) is 6.54 Å². The van der Waals surface area contributed by atoms with Crippen molar-refractivity contribution in [3.63, 3.8) is 0 Å². The van der Waals surface area contributed by atoms with Gasteiger partial charge in [0.25, 0.3) is 0 Å². The Morgan fingerprint density at radius 1 is 1.00 bits per heavy atom. The van der Waals surface area contributed by atoms with Crippen molar-refractivity contribution in [2.45, 2.75) is 58.0 Å². The molecule has 0 spiro atoms. The molecule has 2 atom stereocenters. The van der Waals surface area contributed by atoms with E-state index >= 15 is 0 Å². The second-order valence-electron chi connectivity index (χ2n) is 7.88. The fourth-order valence-electron chi connectivity index (χ4n) is 4.66. The Morgan fingerprint density at radius 3 is 2.57 bits per heavy atom. The van der Waals surface area contributed by atoms with Crippen LogP contribution >= 0.6 is 11.5 Å². The summed E-state index contributed by atoms with van der Waals surface area (Å²) in [6.45, 7) is 5.39. The highest BCUT2D eigenvalue weighted by molar-refractivity contribution is 7.05. The van der Waals surface area contributed by atoms with Crippen LogP contribution in [0, 0.1) is 13.8 Å². The number of likely N-dealkylation sites (tertiary alicyclic amines) is 1. The second kappa shape index (κ2) is 8.97. The standard InChI is InChI=1S/C21H25N.C3H4N2S.H2/c1-16-10-12-19-18(15-16)11-13-21(19)22-14-6-5-9-20(22)17-7-3-2-4-8-17;1-3-4-2-5-6-3;/h2-4,7-8,10,12,15,20-21H,5-6,9,11,13-14H2,1H3;2H,1H3;1H/t20-,21+;;/m1../s1. The summed E-state index contributed by atoms with van der Waals surface area (Å²) in [6, 6.07) is 19.4. The third-order valence-electron chi connectivity index (χ3n) is 5.94. The fourth-order valence-corrected chi connectivity index (χ4v) is 5.00. The average molecular weight is 394 g/mol. The molecular formula is C24H31N3S. The first-order valence-electron chi connectivity index (χ1n) is 10.4. The van der Waals surface area contributed by atoms with Gasteiger partial charge in [0.15, 0.2) is 0 Å². The Hall–Kier alpha value is -2.04. The van der Waals surface area contributed by atoms with E-state index in [4.69, 9.17) is 0 Å². The number of aryl methyl sites for hydroxylation is 3. The number of fused-ring (bicyclic) bond motifs is 1. The first-order chi connectivity index (χ1) is 13.7. The molecular weight excluding hydrogens is 362 g/mol. The maximum Gasteiger partial charge on any atom is 0.129 e. The van der Waals surface area contributed by atoms with Crippen molar-refractivity contribution < 1.29 is 1.43 Å². The van der Waals surface area contributed by atoms with E-state index in [1.54, 1.807) is 17.5 Å². The average Bonchev–Trinajstić information content (AvgIpc) is 3.38. The zero-order chi connectivity index (χ0) is 19.3. The SMILES string of the molecule is Cc1ccc2c(c1)CC[C@@H]2N1CCCC[C@@H]1c1ccccc1.Cc1ncns1.[HH]. The highest BCUT2D eigenvalue weighted by Gasteiger charge is 2.34. The highest BCUT2D eigenvalue weighted by atomic mass is 32.1. The minimum atomic E-state index is 0. The molecule has 0 saturated carbocycles. The van der Waals surface area contributed by atoms with Gasteiger partial charge in [0.2, 0.25) is 0 Å². The summed E-state index contributed by atoms with van der Waals surface area (Å²) in [5.74, 6) is 0. The van der Waals surface area contributed by atoms with Crippen molar-refractivity contribution in [3.8, 4) is 0 Å². The number of piperidine rings is 1. The van der Waals surface area contributed by atoms with Crippen LogP contribution in [0.15, 0.2) is 54.9 Å². The summed E-state index contributed by atoms with van der Waals surface area (Å²) in [7, 11) is 0. The molecule has 4 heteroatoms. The van der Waals surface area contributed by atoms with E-state index in [1.807, 2.05) is 6.92 Å². The maximum atomic E-state index is 3.82. The van der Waals surface area contributed by atoms with Crippen LogP contribution in [0.2, 0.25) is 0 Å². The minimum Gasteiger partial charge on any atom is -0.289 e. The zero-order valence-corrected chi connectivity index (χ0v) is 17.7. The first-order valence-corrected chi connectivity index (χ1v) is 11.1. The number of hydrogen-bond donors (Lipinski definition) is 0. The predicted octanol–water partition coefficient (Wildman–Crippen LogP) is 6.30. The Morgan fingerprint density at radius 2 is 1.86 bits per heavy atom. The lowest BCUT2D eigenvalue weighted by Gasteiger charge is -2.40. The van der Waals surface area contributed by atoms with Crippen LogP contribution in [0.5, 0.6) is 0 Å². The van der Waals surface area contributed by atoms with Crippen LogP contribution in [-0.4, -0.2) is 20.8 Å². The van der Waals surface area contributed by atoms with Gasteiger partial charge in [0.05, 0.1) is 0 Å². The molecule has 1 aromatic heterocycles. The van der Waals surface area contributed by atoms with E-state index < -0.39 is 0 Å². The molecule has 2 aromatic carbocycles. The molecule has 5 rings (SSSR count).